The van der Waals surface area contributed by atoms with Gasteiger partial charge in [0.15, 0.2) is 0 Å². The summed E-state index contributed by atoms with van der Waals surface area (Å²) in [5, 5.41) is 59.3. The molecule has 8 amide bonds. The van der Waals surface area contributed by atoms with Gasteiger partial charge in [0.2, 0.25) is 47.3 Å². The number of carboxylic acid groups (broad SMARTS) is 2. The topological polar surface area (TPSA) is 394 Å². The van der Waals surface area contributed by atoms with Gasteiger partial charge in [-0.25, -0.2) is 19.0 Å². The van der Waals surface area contributed by atoms with Crippen LogP contribution in [0.3, 0.4) is 0 Å². The summed E-state index contributed by atoms with van der Waals surface area (Å²) >= 11 is 0. The summed E-state index contributed by atoms with van der Waals surface area (Å²) < 4.78 is 99.7. The van der Waals surface area contributed by atoms with Crippen molar-refractivity contribution in [3.05, 3.63) is 154 Å². The van der Waals surface area contributed by atoms with Crippen LogP contribution in [-0.2, 0) is 99.2 Å². The Kier molecular flexibility index (Phi) is 26.4. The van der Waals surface area contributed by atoms with Gasteiger partial charge in [-0.3, -0.25) is 38.4 Å². The van der Waals surface area contributed by atoms with Crippen molar-refractivity contribution < 1.29 is 94.0 Å². The van der Waals surface area contributed by atoms with Gasteiger partial charge >= 0.3 is 24.3 Å². The molecule has 108 heavy (non-hydrogen) atoms. The Hall–Kier alpha value is -11.0. The molecule has 6 aliphatic heterocycles. The second kappa shape index (κ2) is 35.1. The molecule has 2 fully saturated rings. The first kappa shape index (κ1) is 81.0. The number of benzene rings is 4. The van der Waals surface area contributed by atoms with Crippen molar-refractivity contribution in [3.63, 3.8) is 0 Å². The van der Waals surface area contributed by atoms with Crippen LogP contribution in [0.4, 0.5) is 26.3 Å². The minimum atomic E-state index is -4.83. The Balaban J connectivity index is 1.06. The normalized spacial score (nSPS) is 21.9. The molecule has 4 aromatic carbocycles. The van der Waals surface area contributed by atoms with E-state index in [-0.39, 0.29) is 80.4 Å². The molecule has 0 unspecified atom stereocenters. The highest BCUT2D eigenvalue weighted by molar-refractivity contribution is 5.98. The third kappa shape index (κ3) is 20.8. The van der Waals surface area contributed by atoms with Gasteiger partial charge in [0.1, 0.15) is 73.0 Å². The van der Waals surface area contributed by atoms with Gasteiger partial charge in [-0.1, -0.05) is 116 Å². The Morgan fingerprint density at radius 2 is 0.954 bits per heavy atom. The molecule has 0 spiro atoms. The summed E-state index contributed by atoms with van der Waals surface area (Å²) in [6, 6.07) is 4.43. The molecule has 10 N–H and O–H groups in total. The van der Waals surface area contributed by atoms with E-state index in [0.29, 0.717) is 16.7 Å². The molecule has 36 heteroatoms. The van der Waals surface area contributed by atoms with Crippen LogP contribution in [0.1, 0.15) is 111 Å². The number of rotatable bonds is 16. The summed E-state index contributed by atoms with van der Waals surface area (Å²) in [5.74, 6) is -10.8. The number of carbonyl (C=O) groups is 10. The second-order valence-electron chi connectivity index (χ2n) is 27.7. The first-order chi connectivity index (χ1) is 51.1. The molecular formula is C72H86F6N16O14. The highest BCUT2D eigenvalue weighted by Gasteiger charge is 2.48. The van der Waals surface area contributed by atoms with Gasteiger partial charge in [-0.05, 0) is 91.9 Å². The molecule has 12 atom stereocenters. The maximum absolute atomic E-state index is 15.0. The number of nitrogens with zero attached hydrogens (tertiary/aromatic N) is 8. The number of hydrogen-bond acceptors (Lipinski definition) is 18. The monoisotopic (exact) mass is 1510 g/mol. The maximum Gasteiger partial charge on any atom is 0.416 e. The number of likely N-dealkylation sites (tertiary alicyclic amines) is 2. The number of amides is 8. The predicted molar refractivity (Wildman–Crippen MR) is 371 cm³/mol. The van der Waals surface area contributed by atoms with E-state index < -0.39 is 180 Å². The first-order valence-corrected chi connectivity index (χ1v) is 34.9. The largest absolute Gasteiger partial charge is 0.487 e. The molecule has 8 heterocycles. The van der Waals surface area contributed by atoms with E-state index in [4.69, 9.17) is 9.47 Å². The van der Waals surface area contributed by atoms with Gasteiger partial charge in [-0.2, -0.15) is 26.3 Å². The number of likely N-dealkylation sites (N-methyl/N-ethyl adjacent to an activating group) is 2. The van der Waals surface area contributed by atoms with Crippen LogP contribution < -0.4 is 52.0 Å². The molecule has 0 saturated carbocycles. The van der Waals surface area contributed by atoms with Crippen molar-refractivity contribution >= 4 is 59.2 Å². The minimum Gasteiger partial charge on any atom is -0.487 e. The van der Waals surface area contributed by atoms with Crippen molar-refractivity contribution in [3.8, 4) is 11.6 Å². The Labute approximate surface area is 616 Å². The summed E-state index contributed by atoms with van der Waals surface area (Å²) in [6.07, 6.45) is -9.22. The number of carboxylic acids is 2. The lowest BCUT2D eigenvalue weighted by Crippen LogP contribution is -2.59. The fourth-order valence-electron chi connectivity index (χ4n) is 12.7. The molecule has 12 bridgehead atoms. The van der Waals surface area contributed by atoms with Crippen LogP contribution in [0.25, 0.3) is 0 Å². The number of hydrogen-bond donors (Lipinski definition) is 10. The van der Waals surface area contributed by atoms with Crippen LogP contribution in [0.2, 0.25) is 0 Å². The second-order valence-corrected chi connectivity index (χ2v) is 27.7. The van der Waals surface area contributed by atoms with Gasteiger partial charge in [0, 0.05) is 51.6 Å². The van der Waals surface area contributed by atoms with E-state index in [9.17, 15) is 74.9 Å². The van der Waals surface area contributed by atoms with E-state index in [2.05, 4.69) is 63.2 Å². The predicted octanol–water partition coefficient (Wildman–Crippen LogP) is 3.24. The number of nitrogens with one attached hydrogen (secondary N) is 8. The standard InChI is InChI=1S/C72H86F6N16O14/c1-37(2)59(85-61(95)39(5)79-7)67(101)91-32-49-29-56(91)65(99)81-52(27-44-11-9-13-46(23-44)71(73,74)75)63(97)83-54(69(103)104)25-41-15-17-43(18-16-41)35-108-58-34-94(90-88-58)50-30-57(92(33-50)68(102)60(38(3)4)86-62(96)40(6)80-8)66(100)82-53(28-45-12-10-14-47(24-45)72(76,77)78)64(98)84-55(70(105)106)26-42-19-21-51(22-20-42)107-36-48-31-93(49)89-87-48/h9-24,31,34,37-40,49-50,52-57,59-60,79-80H,25-30,32-33,35-36H2,1-8H3,(H,81,99)(H,82,100)(H,83,97)(H,84,98)(H,85,95)(H,86,96)(H,103,104)(H,105,106)/t39-,40-,49-,50-,52-,53-,54-,55-,56-,57-,59-,60-/m0/s1. The molecule has 6 aliphatic rings. The fraction of sp³-hybridized carbons (Fsp3) is 0.472. The highest BCUT2D eigenvalue weighted by Crippen LogP contribution is 2.35. The quantitative estimate of drug-likeness (QED) is 0.0622. The van der Waals surface area contributed by atoms with Crippen molar-refractivity contribution in [2.24, 2.45) is 11.8 Å². The van der Waals surface area contributed by atoms with E-state index in [1.54, 1.807) is 53.7 Å². The average Bonchev–Trinajstić information content (AvgIpc) is 1.68. The number of aromatic nitrogens is 6. The third-order valence-electron chi connectivity index (χ3n) is 19.1. The van der Waals surface area contributed by atoms with Crippen LogP contribution in [-0.4, -0.2) is 197 Å². The lowest BCUT2D eigenvalue weighted by molar-refractivity contribution is -0.144. The fourth-order valence-corrected chi connectivity index (χ4v) is 12.7. The Morgan fingerprint density at radius 1 is 0.537 bits per heavy atom. The molecule has 580 valence electrons. The number of carbonyl (C=O) groups excluding carboxylic acids is 8. The van der Waals surface area contributed by atoms with Gasteiger partial charge in [0.25, 0.3) is 5.88 Å². The van der Waals surface area contributed by atoms with E-state index in [1.165, 1.54) is 94.2 Å². The van der Waals surface area contributed by atoms with Crippen LogP contribution in [0.15, 0.2) is 109 Å². The maximum atomic E-state index is 15.0. The third-order valence-corrected chi connectivity index (χ3v) is 19.1. The molecule has 0 radical (unpaired) electrons. The number of halogens is 6. The van der Waals surface area contributed by atoms with Gasteiger partial charge in [-0.15, -0.1) is 5.10 Å². The first-order valence-electron chi connectivity index (χ1n) is 34.9. The zero-order valence-electron chi connectivity index (χ0n) is 60.2. The lowest BCUT2D eigenvalue weighted by atomic mass is 10.00. The molecule has 2 aromatic heterocycles. The van der Waals surface area contributed by atoms with Crippen molar-refractivity contribution in [1.29, 1.82) is 0 Å². The molecule has 12 rings (SSSR count). The summed E-state index contributed by atoms with van der Waals surface area (Å²) in [5.41, 5.74) is -0.923. The Morgan fingerprint density at radius 3 is 1.37 bits per heavy atom. The molecule has 2 saturated heterocycles. The van der Waals surface area contributed by atoms with Gasteiger partial charge < -0.3 is 72.0 Å². The van der Waals surface area contributed by atoms with Crippen LogP contribution >= 0.6 is 0 Å². The number of aliphatic carboxylic acids is 2. The van der Waals surface area contributed by atoms with Gasteiger partial charge in [0.05, 0.1) is 47.7 Å². The molecule has 6 aromatic rings. The zero-order valence-corrected chi connectivity index (χ0v) is 60.2. The van der Waals surface area contributed by atoms with Crippen molar-refractivity contribution in [1.82, 2.24) is 82.3 Å². The lowest BCUT2D eigenvalue weighted by Gasteiger charge is -2.32. The minimum absolute atomic E-state index is 0.0631. The van der Waals surface area contributed by atoms with E-state index >= 15 is 9.59 Å². The summed E-state index contributed by atoms with van der Waals surface area (Å²) in [6.45, 7) is 8.83. The van der Waals surface area contributed by atoms with E-state index in [1.807, 2.05) is 0 Å². The smallest absolute Gasteiger partial charge is 0.416 e. The Bertz CT molecular complexity index is 3970. The number of ether oxygens (including phenoxy) is 2. The van der Waals surface area contributed by atoms with Crippen LogP contribution in [0.5, 0.6) is 11.6 Å². The summed E-state index contributed by atoms with van der Waals surface area (Å²) in [7, 11) is 3.07. The van der Waals surface area contributed by atoms with E-state index in [0.717, 1.165) is 36.4 Å². The summed E-state index contributed by atoms with van der Waals surface area (Å²) in [4.78, 5) is 144. The molecule has 30 nitrogen and oxygen atoms in total. The zero-order chi connectivity index (χ0) is 78.6. The number of alkyl halides is 6. The SMILES string of the molecule is CN[C@@H](C)C(=O)N[C@H](C(=O)N1C[C@@H]2C[C@H]1C(=O)N[C@@H](Cc1cccc(C(F)(F)F)c1)C(=O)N[C@H](C(=O)O)Cc1ccc(cc1)COc1cn(nn1)[C@H]1C[C@@H](C(=O)N[C@@H](Cc3cccc(C(F)(F)F)c3)C(=O)N[C@H](C(=O)O)Cc3ccc(cc3)OCc3cn2nn3)N(C(=O)[C@@H](NC(=O)[C@H](C)NC)C(C)C)C1)C(C)C. The average molecular weight is 1510 g/mol. The highest BCUT2D eigenvalue weighted by atomic mass is 19.4. The molecule has 0 aliphatic carbocycles. The molecular weight excluding hydrogens is 1430 g/mol. The van der Waals surface area contributed by atoms with Crippen molar-refractivity contribution in [2.45, 2.75) is 178 Å². The van der Waals surface area contributed by atoms with Crippen molar-refractivity contribution in [2.75, 3.05) is 27.2 Å². The van der Waals surface area contributed by atoms with Crippen LogP contribution in [0, 0.1) is 11.8 Å².